The Kier molecular flexibility index (Phi) is 3.26. The van der Waals surface area contributed by atoms with Gasteiger partial charge in [-0.05, 0) is 34.6 Å². The van der Waals surface area contributed by atoms with Gasteiger partial charge in [-0.1, -0.05) is 0 Å². The second-order valence-electron chi connectivity index (χ2n) is 4.64. The minimum Gasteiger partial charge on any atom is -0.461 e. The summed E-state index contributed by atoms with van der Waals surface area (Å²) in [5.41, 5.74) is 0.0674. The molecule has 0 saturated heterocycles. The Hall–Kier alpha value is -1.52. The Morgan fingerprint density at radius 1 is 1.44 bits per heavy atom. The van der Waals surface area contributed by atoms with Crippen molar-refractivity contribution in [1.29, 1.82) is 0 Å². The summed E-state index contributed by atoms with van der Waals surface area (Å²) in [6.45, 7) is 9.30. The Bertz CT molecular complexity index is 449. The third-order valence-electron chi connectivity index (χ3n) is 2.27. The Morgan fingerprint density at radius 3 is 2.38 bits per heavy atom. The zero-order chi connectivity index (χ0) is 12.5. The number of aromatic amines is 1. The summed E-state index contributed by atoms with van der Waals surface area (Å²) in [5, 5.41) is 2.80. The number of H-pyrrole nitrogens is 1. The van der Waals surface area contributed by atoms with Crippen LogP contribution in [0, 0.1) is 6.92 Å². The molecular formula is C11H18N2O3. The third kappa shape index (κ3) is 2.18. The van der Waals surface area contributed by atoms with Gasteiger partial charge in [0.05, 0.1) is 12.1 Å². The molecule has 0 spiro atoms. The van der Waals surface area contributed by atoms with Crippen LogP contribution >= 0.6 is 0 Å². The van der Waals surface area contributed by atoms with Gasteiger partial charge in [0.1, 0.15) is 5.69 Å². The van der Waals surface area contributed by atoms with Gasteiger partial charge in [0.15, 0.2) is 0 Å². The molecule has 0 aliphatic carbocycles. The molecule has 0 aromatic carbocycles. The van der Waals surface area contributed by atoms with Crippen molar-refractivity contribution in [2.24, 2.45) is 0 Å². The van der Waals surface area contributed by atoms with Gasteiger partial charge in [-0.15, -0.1) is 0 Å². The fourth-order valence-electron chi connectivity index (χ4n) is 1.40. The fourth-order valence-corrected chi connectivity index (χ4v) is 1.40. The second-order valence-corrected chi connectivity index (χ2v) is 4.64. The number of nitrogens with one attached hydrogen (secondary N) is 1. The van der Waals surface area contributed by atoms with Crippen molar-refractivity contribution in [2.45, 2.75) is 40.2 Å². The van der Waals surface area contributed by atoms with Crippen LogP contribution in [0.2, 0.25) is 0 Å². The Morgan fingerprint density at radius 2 is 2.00 bits per heavy atom. The van der Waals surface area contributed by atoms with Crippen molar-refractivity contribution in [3.8, 4) is 0 Å². The molecule has 0 atom stereocenters. The van der Waals surface area contributed by atoms with Crippen molar-refractivity contribution in [2.75, 3.05) is 6.61 Å². The molecule has 16 heavy (non-hydrogen) atoms. The smallest absolute Gasteiger partial charge is 0.356 e. The summed E-state index contributed by atoms with van der Waals surface area (Å²) in [6, 6.07) is 0. The Labute approximate surface area is 94.4 Å². The lowest BCUT2D eigenvalue weighted by atomic mass is 10.1. The average molecular weight is 226 g/mol. The quantitative estimate of drug-likeness (QED) is 0.775. The average Bonchev–Trinajstić information content (AvgIpc) is 2.44. The van der Waals surface area contributed by atoms with E-state index in [0.717, 1.165) is 0 Å². The van der Waals surface area contributed by atoms with Crippen LogP contribution in [0.3, 0.4) is 0 Å². The number of carbonyl (C=O) groups excluding carboxylic acids is 1. The van der Waals surface area contributed by atoms with Crippen molar-refractivity contribution in [1.82, 2.24) is 9.78 Å². The molecule has 0 amide bonds. The number of esters is 1. The molecule has 1 heterocycles. The SMILES string of the molecule is CCOC(=O)c1[nH]n(C(C)(C)C)c(=O)c1C. The van der Waals surface area contributed by atoms with Gasteiger partial charge in [0.2, 0.25) is 0 Å². The predicted molar refractivity (Wildman–Crippen MR) is 60.7 cm³/mol. The number of ether oxygens (including phenoxy) is 1. The molecule has 0 bridgehead atoms. The van der Waals surface area contributed by atoms with Crippen LogP contribution in [0.5, 0.6) is 0 Å². The van der Waals surface area contributed by atoms with Crippen LogP contribution in [0.25, 0.3) is 0 Å². The molecule has 1 aromatic heterocycles. The highest BCUT2D eigenvalue weighted by atomic mass is 16.5. The van der Waals surface area contributed by atoms with Gasteiger partial charge in [0.25, 0.3) is 5.56 Å². The summed E-state index contributed by atoms with van der Waals surface area (Å²) in [5.74, 6) is -0.486. The highest BCUT2D eigenvalue weighted by Gasteiger charge is 2.23. The molecule has 1 aromatic rings. The summed E-state index contributed by atoms with van der Waals surface area (Å²) >= 11 is 0. The third-order valence-corrected chi connectivity index (χ3v) is 2.27. The van der Waals surface area contributed by atoms with E-state index in [4.69, 9.17) is 4.74 Å². The van der Waals surface area contributed by atoms with Crippen LogP contribution in [0.1, 0.15) is 43.7 Å². The molecule has 0 unspecified atom stereocenters. The highest BCUT2D eigenvalue weighted by molar-refractivity contribution is 5.88. The van der Waals surface area contributed by atoms with E-state index < -0.39 is 5.97 Å². The summed E-state index contributed by atoms with van der Waals surface area (Å²) in [7, 11) is 0. The van der Waals surface area contributed by atoms with Crippen molar-refractivity contribution in [3.05, 3.63) is 21.6 Å². The first-order valence-corrected chi connectivity index (χ1v) is 5.28. The van der Waals surface area contributed by atoms with Crippen LogP contribution in [0.4, 0.5) is 0 Å². The van der Waals surface area contributed by atoms with E-state index >= 15 is 0 Å². The molecule has 1 rings (SSSR count). The lowest BCUT2D eigenvalue weighted by Crippen LogP contribution is -2.32. The number of hydrogen-bond donors (Lipinski definition) is 1. The minimum absolute atomic E-state index is 0.185. The van der Waals surface area contributed by atoms with Crippen LogP contribution < -0.4 is 5.56 Å². The van der Waals surface area contributed by atoms with Gasteiger partial charge in [-0.3, -0.25) is 9.89 Å². The van der Waals surface area contributed by atoms with Gasteiger partial charge >= 0.3 is 5.97 Å². The van der Waals surface area contributed by atoms with E-state index in [9.17, 15) is 9.59 Å². The number of carbonyl (C=O) groups is 1. The van der Waals surface area contributed by atoms with Crippen LogP contribution in [0.15, 0.2) is 4.79 Å². The maximum Gasteiger partial charge on any atom is 0.356 e. The summed E-state index contributed by atoms with van der Waals surface area (Å²) in [4.78, 5) is 23.4. The number of hydrogen-bond acceptors (Lipinski definition) is 3. The second kappa shape index (κ2) is 4.15. The van der Waals surface area contributed by atoms with Crippen molar-refractivity contribution in [3.63, 3.8) is 0 Å². The van der Waals surface area contributed by atoms with Gasteiger partial charge in [-0.25, -0.2) is 9.48 Å². The normalized spacial score (nSPS) is 11.6. The molecule has 1 N–H and O–H groups in total. The van der Waals surface area contributed by atoms with Crippen LogP contribution in [-0.4, -0.2) is 22.4 Å². The van der Waals surface area contributed by atoms with E-state index in [-0.39, 0.29) is 16.8 Å². The van der Waals surface area contributed by atoms with Crippen molar-refractivity contribution < 1.29 is 9.53 Å². The van der Waals surface area contributed by atoms with Gasteiger partial charge in [0, 0.05) is 5.56 Å². The number of nitrogens with zero attached hydrogens (tertiary/aromatic N) is 1. The summed E-state index contributed by atoms with van der Waals surface area (Å²) < 4.78 is 6.31. The molecule has 5 heteroatoms. The Balaban J connectivity index is 3.26. The largest absolute Gasteiger partial charge is 0.461 e. The topological polar surface area (TPSA) is 64.1 Å². The van der Waals surface area contributed by atoms with Gasteiger partial charge in [-0.2, -0.15) is 0 Å². The van der Waals surface area contributed by atoms with E-state index in [1.807, 2.05) is 20.8 Å². The zero-order valence-electron chi connectivity index (χ0n) is 10.4. The van der Waals surface area contributed by atoms with Gasteiger partial charge < -0.3 is 4.74 Å². The number of aromatic nitrogens is 2. The fraction of sp³-hybridized carbons (Fsp3) is 0.636. The van der Waals surface area contributed by atoms with E-state index in [1.165, 1.54) is 4.68 Å². The van der Waals surface area contributed by atoms with E-state index in [0.29, 0.717) is 12.2 Å². The molecule has 0 aliphatic heterocycles. The molecule has 0 aliphatic rings. The minimum atomic E-state index is -0.486. The molecule has 90 valence electrons. The zero-order valence-corrected chi connectivity index (χ0v) is 10.4. The van der Waals surface area contributed by atoms with E-state index in [1.54, 1.807) is 13.8 Å². The maximum atomic E-state index is 11.9. The standard InChI is InChI=1S/C11H18N2O3/c1-6-16-10(15)8-7(2)9(14)13(12-8)11(3,4)5/h12H,6H2,1-5H3. The lowest BCUT2D eigenvalue weighted by Gasteiger charge is -2.19. The summed E-state index contributed by atoms with van der Waals surface area (Å²) in [6.07, 6.45) is 0. The lowest BCUT2D eigenvalue weighted by molar-refractivity contribution is 0.0517. The van der Waals surface area contributed by atoms with Crippen LogP contribution in [-0.2, 0) is 10.3 Å². The highest BCUT2D eigenvalue weighted by Crippen LogP contribution is 2.12. The molecule has 0 fully saturated rings. The van der Waals surface area contributed by atoms with E-state index in [2.05, 4.69) is 5.10 Å². The molecule has 0 saturated carbocycles. The monoisotopic (exact) mass is 226 g/mol. The van der Waals surface area contributed by atoms with Crippen molar-refractivity contribution >= 4 is 5.97 Å². The number of rotatable bonds is 2. The first-order valence-electron chi connectivity index (χ1n) is 5.28. The molecule has 0 radical (unpaired) electrons. The first kappa shape index (κ1) is 12.5. The predicted octanol–water partition coefficient (Wildman–Crippen LogP) is 1.42. The maximum absolute atomic E-state index is 11.9. The molecular weight excluding hydrogens is 208 g/mol. The first-order chi connectivity index (χ1) is 7.29. The molecule has 5 nitrogen and oxygen atoms in total.